The number of thiazole rings is 1. The van der Waals surface area contributed by atoms with E-state index >= 15 is 0 Å². The van der Waals surface area contributed by atoms with Crippen molar-refractivity contribution in [1.82, 2.24) is 4.98 Å². The second-order valence-corrected chi connectivity index (χ2v) is 6.28. The molecule has 114 valence electrons. The van der Waals surface area contributed by atoms with Crippen LogP contribution < -0.4 is 10.1 Å². The van der Waals surface area contributed by atoms with Gasteiger partial charge in [-0.1, -0.05) is 41.7 Å². The molecule has 0 aliphatic heterocycles. The zero-order valence-corrected chi connectivity index (χ0v) is 14.0. The van der Waals surface area contributed by atoms with Gasteiger partial charge in [-0.3, -0.25) is 0 Å². The van der Waals surface area contributed by atoms with Crippen LogP contribution in [0.3, 0.4) is 0 Å². The lowest BCUT2D eigenvalue weighted by Crippen LogP contribution is -1.98. The summed E-state index contributed by atoms with van der Waals surface area (Å²) in [5.74, 6) is 0.964. The van der Waals surface area contributed by atoms with Crippen molar-refractivity contribution in [3.05, 3.63) is 53.1 Å². The van der Waals surface area contributed by atoms with Gasteiger partial charge < -0.3 is 10.1 Å². The van der Waals surface area contributed by atoms with Crippen LogP contribution in [0.5, 0.6) is 5.75 Å². The predicted molar refractivity (Wildman–Crippen MR) is 94.0 cm³/mol. The third-order valence-corrected chi connectivity index (χ3v) is 4.78. The van der Waals surface area contributed by atoms with Crippen molar-refractivity contribution >= 4 is 26.7 Å². The number of hydrogen-bond donors (Lipinski definition) is 1. The van der Waals surface area contributed by atoms with Gasteiger partial charge in [0.1, 0.15) is 5.75 Å². The molecule has 3 nitrogen and oxygen atoms in total. The summed E-state index contributed by atoms with van der Waals surface area (Å²) in [5.41, 5.74) is 4.66. The highest BCUT2D eigenvalue weighted by molar-refractivity contribution is 7.22. The first-order chi connectivity index (χ1) is 10.7. The van der Waals surface area contributed by atoms with Crippen LogP contribution in [-0.2, 0) is 6.54 Å². The molecular weight excluding hydrogens is 292 g/mol. The molecular formula is C18H20N2OS. The maximum atomic E-state index is 5.72. The molecule has 22 heavy (non-hydrogen) atoms. The van der Waals surface area contributed by atoms with E-state index in [0.29, 0.717) is 6.61 Å². The van der Waals surface area contributed by atoms with Gasteiger partial charge in [0.15, 0.2) is 5.13 Å². The smallest absolute Gasteiger partial charge is 0.184 e. The van der Waals surface area contributed by atoms with Crippen LogP contribution in [0.4, 0.5) is 5.13 Å². The fourth-order valence-corrected chi connectivity index (χ4v) is 3.51. The third kappa shape index (κ3) is 2.92. The molecule has 1 heterocycles. The molecule has 1 N–H and O–H groups in total. The highest BCUT2D eigenvalue weighted by atomic mass is 32.1. The van der Waals surface area contributed by atoms with Crippen LogP contribution in [0.2, 0.25) is 0 Å². The normalized spacial score (nSPS) is 10.9. The van der Waals surface area contributed by atoms with E-state index in [0.717, 1.165) is 28.5 Å². The number of nitrogens with zero attached hydrogens (tertiary/aromatic N) is 1. The second-order valence-electron chi connectivity index (χ2n) is 5.29. The molecule has 0 bridgehead atoms. The number of aromatic nitrogens is 1. The second kappa shape index (κ2) is 6.36. The van der Waals surface area contributed by atoms with Gasteiger partial charge in [-0.05, 0) is 38.0 Å². The van der Waals surface area contributed by atoms with E-state index in [1.54, 1.807) is 11.3 Å². The van der Waals surface area contributed by atoms with E-state index < -0.39 is 0 Å². The van der Waals surface area contributed by atoms with E-state index in [1.807, 2.05) is 13.0 Å². The number of aryl methyl sites for hydroxylation is 2. The molecule has 1 aromatic heterocycles. The van der Waals surface area contributed by atoms with Crippen molar-refractivity contribution in [2.45, 2.75) is 27.3 Å². The zero-order chi connectivity index (χ0) is 15.5. The van der Waals surface area contributed by atoms with Gasteiger partial charge in [0.05, 0.1) is 16.8 Å². The lowest BCUT2D eigenvalue weighted by Gasteiger charge is -2.08. The standard InChI is InChI=1S/C18H20N2OS/c1-4-21-15-10-12(2)16-17(13(15)3)22-18(20-16)19-11-14-8-6-5-7-9-14/h5-10H,4,11H2,1-3H3,(H,19,20). The van der Waals surface area contributed by atoms with E-state index in [4.69, 9.17) is 9.72 Å². The first-order valence-corrected chi connectivity index (χ1v) is 8.32. The molecule has 0 aliphatic carbocycles. The molecule has 2 aromatic carbocycles. The molecule has 3 aromatic rings. The molecule has 0 amide bonds. The summed E-state index contributed by atoms with van der Waals surface area (Å²) in [6.45, 7) is 7.68. The topological polar surface area (TPSA) is 34.1 Å². The van der Waals surface area contributed by atoms with Gasteiger partial charge in [-0.25, -0.2) is 4.98 Å². The number of anilines is 1. The minimum atomic E-state index is 0.684. The predicted octanol–water partition coefficient (Wildman–Crippen LogP) is 4.92. The Balaban J connectivity index is 1.89. The first-order valence-electron chi connectivity index (χ1n) is 7.50. The van der Waals surface area contributed by atoms with Crippen LogP contribution in [-0.4, -0.2) is 11.6 Å². The summed E-state index contributed by atoms with van der Waals surface area (Å²) in [7, 11) is 0. The Kier molecular flexibility index (Phi) is 4.29. The van der Waals surface area contributed by atoms with Crippen LogP contribution in [0.1, 0.15) is 23.6 Å². The summed E-state index contributed by atoms with van der Waals surface area (Å²) in [5, 5.41) is 4.38. The Morgan fingerprint density at radius 2 is 1.95 bits per heavy atom. The molecule has 0 saturated carbocycles. The van der Waals surface area contributed by atoms with Gasteiger partial charge >= 0.3 is 0 Å². The lowest BCUT2D eigenvalue weighted by atomic mass is 10.1. The summed E-state index contributed by atoms with van der Waals surface area (Å²) >= 11 is 1.70. The number of benzene rings is 2. The molecule has 0 saturated heterocycles. The van der Waals surface area contributed by atoms with Gasteiger partial charge in [0, 0.05) is 12.1 Å². The minimum absolute atomic E-state index is 0.684. The molecule has 3 rings (SSSR count). The Hall–Kier alpha value is -2.07. The molecule has 0 unspecified atom stereocenters. The molecule has 0 aliphatic rings. The summed E-state index contributed by atoms with van der Waals surface area (Å²) in [6, 6.07) is 12.5. The zero-order valence-electron chi connectivity index (χ0n) is 13.1. The van der Waals surface area contributed by atoms with Gasteiger partial charge in [-0.15, -0.1) is 0 Å². The summed E-state index contributed by atoms with van der Waals surface area (Å²) < 4.78 is 6.93. The van der Waals surface area contributed by atoms with Gasteiger partial charge in [-0.2, -0.15) is 0 Å². The monoisotopic (exact) mass is 312 g/mol. The van der Waals surface area contributed by atoms with Crippen molar-refractivity contribution in [3.63, 3.8) is 0 Å². The highest BCUT2D eigenvalue weighted by Gasteiger charge is 2.13. The van der Waals surface area contributed by atoms with Gasteiger partial charge in [0.25, 0.3) is 0 Å². The van der Waals surface area contributed by atoms with Crippen molar-refractivity contribution in [1.29, 1.82) is 0 Å². The highest BCUT2D eigenvalue weighted by Crippen LogP contribution is 2.36. The quantitative estimate of drug-likeness (QED) is 0.726. The van der Waals surface area contributed by atoms with Crippen LogP contribution in [0, 0.1) is 13.8 Å². The van der Waals surface area contributed by atoms with Crippen molar-refractivity contribution < 1.29 is 4.74 Å². The van der Waals surface area contributed by atoms with Crippen molar-refractivity contribution in [2.24, 2.45) is 0 Å². The average molecular weight is 312 g/mol. The van der Waals surface area contributed by atoms with Crippen molar-refractivity contribution in [3.8, 4) is 5.75 Å². The average Bonchev–Trinajstić information content (AvgIpc) is 2.97. The Bertz CT molecular complexity index is 781. The number of fused-ring (bicyclic) bond motifs is 1. The summed E-state index contributed by atoms with van der Waals surface area (Å²) in [6.07, 6.45) is 0. The Labute approximate surface area is 135 Å². The molecule has 4 heteroatoms. The lowest BCUT2D eigenvalue weighted by molar-refractivity contribution is 0.338. The SMILES string of the molecule is CCOc1cc(C)c2nc(NCc3ccccc3)sc2c1C. The van der Waals surface area contributed by atoms with E-state index in [9.17, 15) is 0 Å². The third-order valence-electron chi connectivity index (χ3n) is 3.64. The fourth-order valence-electron chi connectivity index (χ4n) is 2.48. The summed E-state index contributed by atoms with van der Waals surface area (Å²) in [4.78, 5) is 4.74. The number of nitrogens with one attached hydrogen (secondary N) is 1. The van der Waals surface area contributed by atoms with Crippen LogP contribution in [0.15, 0.2) is 36.4 Å². The Morgan fingerprint density at radius 1 is 1.18 bits per heavy atom. The van der Waals surface area contributed by atoms with Crippen LogP contribution >= 0.6 is 11.3 Å². The fraction of sp³-hybridized carbons (Fsp3) is 0.278. The van der Waals surface area contributed by atoms with Crippen molar-refractivity contribution in [2.75, 3.05) is 11.9 Å². The van der Waals surface area contributed by atoms with Gasteiger partial charge in [0.2, 0.25) is 0 Å². The molecule has 0 spiro atoms. The number of ether oxygens (including phenoxy) is 1. The Morgan fingerprint density at radius 3 is 2.68 bits per heavy atom. The molecule has 0 atom stereocenters. The number of hydrogen-bond acceptors (Lipinski definition) is 4. The maximum absolute atomic E-state index is 5.72. The maximum Gasteiger partial charge on any atom is 0.184 e. The van der Waals surface area contributed by atoms with E-state index in [1.165, 1.54) is 15.8 Å². The van der Waals surface area contributed by atoms with Crippen LogP contribution in [0.25, 0.3) is 10.2 Å². The molecule has 0 radical (unpaired) electrons. The molecule has 0 fully saturated rings. The van der Waals surface area contributed by atoms with E-state index in [2.05, 4.69) is 49.5 Å². The largest absolute Gasteiger partial charge is 0.494 e. The first kappa shape index (κ1) is 14.9. The minimum Gasteiger partial charge on any atom is -0.494 e. The number of rotatable bonds is 5. The van der Waals surface area contributed by atoms with E-state index in [-0.39, 0.29) is 0 Å².